The third kappa shape index (κ3) is 2.98. The van der Waals surface area contributed by atoms with Crippen molar-refractivity contribution in [3.63, 3.8) is 0 Å². The second kappa shape index (κ2) is 5.64. The van der Waals surface area contributed by atoms with Gasteiger partial charge in [0.2, 0.25) is 5.91 Å². The first-order valence-corrected chi connectivity index (χ1v) is 7.71. The highest BCUT2D eigenvalue weighted by atomic mass is 32.1. The minimum Gasteiger partial charge on any atom is -0.342 e. The van der Waals surface area contributed by atoms with E-state index in [0.29, 0.717) is 17.2 Å². The molecule has 0 aromatic heterocycles. The Balaban J connectivity index is 1.96. The van der Waals surface area contributed by atoms with Gasteiger partial charge in [-0.05, 0) is 29.9 Å². The van der Waals surface area contributed by atoms with E-state index in [4.69, 9.17) is 0 Å². The van der Waals surface area contributed by atoms with E-state index >= 15 is 0 Å². The molecule has 1 saturated carbocycles. The maximum atomic E-state index is 12.0. The largest absolute Gasteiger partial charge is 0.342 e. The van der Waals surface area contributed by atoms with E-state index in [0.717, 1.165) is 31.7 Å². The molecule has 0 N–H and O–H groups in total. The first kappa shape index (κ1) is 13.3. The van der Waals surface area contributed by atoms with E-state index in [9.17, 15) is 4.79 Å². The maximum absolute atomic E-state index is 12.0. The molecule has 0 aromatic rings. The molecule has 2 rings (SSSR count). The molecule has 0 spiro atoms. The molecule has 3 heteroatoms. The molecule has 2 fully saturated rings. The maximum Gasteiger partial charge on any atom is 0.222 e. The van der Waals surface area contributed by atoms with Crippen LogP contribution in [0, 0.1) is 11.3 Å². The first-order chi connectivity index (χ1) is 8.19. The molecule has 0 radical (unpaired) electrons. The zero-order valence-corrected chi connectivity index (χ0v) is 11.8. The summed E-state index contributed by atoms with van der Waals surface area (Å²) in [7, 11) is 0. The zero-order chi connectivity index (χ0) is 12.3. The average Bonchev–Trinajstić information content (AvgIpc) is 2.71. The van der Waals surface area contributed by atoms with Crippen LogP contribution in [0.5, 0.6) is 0 Å². The van der Waals surface area contributed by atoms with Crippen LogP contribution < -0.4 is 0 Å². The molecule has 1 saturated heterocycles. The van der Waals surface area contributed by atoms with Crippen molar-refractivity contribution in [2.75, 3.05) is 18.8 Å². The summed E-state index contributed by atoms with van der Waals surface area (Å²) in [5.74, 6) is 1.92. The number of carbonyl (C=O) groups excluding carboxylic acids is 1. The van der Waals surface area contributed by atoms with Gasteiger partial charge in [-0.25, -0.2) is 0 Å². The van der Waals surface area contributed by atoms with E-state index in [-0.39, 0.29) is 0 Å². The van der Waals surface area contributed by atoms with Crippen molar-refractivity contribution >= 4 is 18.5 Å². The van der Waals surface area contributed by atoms with Gasteiger partial charge in [0.15, 0.2) is 0 Å². The quantitative estimate of drug-likeness (QED) is 0.765. The van der Waals surface area contributed by atoms with Crippen LogP contribution in [0.3, 0.4) is 0 Å². The Bertz CT molecular complexity index is 273. The summed E-state index contributed by atoms with van der Waals surface area (Å²) < 4.78 is 0. The van der Waals surface area contributed by atoms with Crippen LogP contribution in [0.25, 0.3) is 0 Å². The highest BCUT2D eigenvalue weighted by Crippen LogP contribution is 2.39. The Morgan fingerprint density at radius 2 is 2.06 bits per heavy atom. The smallest absolute Gasteiger partial charge is 0.222 e. The van der Waals surface area contributed by atoms with Crippen LogP contribution in [0.1, 0.15) is 51.9 Å². The van der Waals surface area contributed by atoms with Gasteiger partial charge in [0, 0.05) is 19.5 Å². The van der Waals surface area contributed by atoms with Crippen molar-refractivity contribution < 1.29 is 4.79 Å². The molecule has 1 amide bonds. The molecular weight excluding hydrogens is 230 g/mol. The predicted octanol–water partition coefficient (Wildman–Crippen LogP) is 3.13. The Kier molecular flexibility index (Phi) is 4.40. The van der Waals surface area contributed by atoms with Gasteiger partial charge in [0.25, 0.3) is 0 Å². The van der Waals surface area contributed by atoms with Crippen molar-refractivity contribution in [3.05, 3.63) is 0 Å². The highest BCUT2D eigenvalue weighted by molar-refractivity contribution is 7.80. The molecule has 2 nitrogen and oxygen atoms in total. The predicted molar refractivity (Wildman–Crippen MR) is 74.3 cm³/mol. The van der Waals surface area contributed by atoms with Crippen LogP contribution >= 0.6 is 12.6 Å². The standard InChI is InChI=1S/C14H25NOS/c1-2-12-8-13(16)15(9-12)10-14(11-17)6-4-3-5-7-14/h12,17H,2-11H2,1H3. The Morgan fingerprint density at radius 1 is 1.35 bits per heavy atom. The molecule has 1 aliphatic heterocycles. The van der Waals surface area contributed by atoms with Crippen molar-refractivity contribution in [3.8, 4) is 0 Å². The summed E-state index contributed by atoms with van der Waals surface area (Å²) in [6.07, 6.45) is 8.43. The third-order valence-electron chi connectivity index (χ3n) is 4.65. The minimum atomic E-state index is 0.319. The average molecular weight is 255 g/mol. The monoisotopic (exact) mass is 255 g/mol. The minimum absolute atomic E-state index is 0.319. The van der Waals surface area contributed by atoms with Crippen LogP contribution in [0.4, 0.5) is 0 Å². The fourth-order valence-corrected chi connectivity index (χ4v) is 3.77. The van der Waals surface area contributed by atoms with E-state index in [1.807, 2.05) is 0 Å². The summed E-state index contributed by atoms with van der Waals surface area (Å²) >= 11 is 4.56. The first-order valence-electron chi connectivity index (χ1n) is 7.08. The van der Waals surface area contributed by atoms with Crippen LogP contribution in [-0.2, 0) is 4.79 Å². The summed E-state index contributed by atoms with van der Waals surface area (Å²) in [4.78, 5) is 14.1. The van der Waals surface area contributed by atoms with Gasteiger partial charge in [-0.2, -0.15) is 12.6 Å². The molecule has 0 aromatic carbocycles. The third-order valence-corrected chi connectivity index (χ3v) is 5.32. The summed E-state index contributed by atoms with van der Waals surface area (Å²) in [6.45, 7) is 4.15. The molecule has 2 aliphatic rings. The van der Waals surface area contributed by atoms with E-state index in [2.05, 4.69) is 24.5 Å². The van der Waals surface area contributed by atoms with Crippen molar-refractivity contribution in [2.45, 2.75) is 51.9 Å². The number of hydrogen-bond donors (Lipinski definition) is 1. The van der Waals surface area contributed by atoms with E-state index in [1.165, 1.54) is 32.1 Å². The number of carbonyl (C=O) groups is 1. The van der Waals surface area contributed by atoms with Gasteiger partial charge in [-0.3, -0.25) is 4.79 Å². The molecule has 98 valence electrons. The fourth-order valence-electron chi connectivity index (χ4n) is 3.35. The summed E-state index contributed by atoms with van der Waals surface area (Å²) in [5, 5.41) is 0. The highest BCUT2D eigenvalue weighted by Gasteiger charge is 2.37. The van der Waals surface area contributed by atoms with Crippen molar-refractivity contribution in [1.82, 2.24) is 4.90 Å². The lowest BCUT2D eigenvalue weighted by Crippen LogP contribution is -2.41. The Labute approximate surface area is 111 Å². The molecule has 1 aliphatic carbocycles. The number of thiol groups is 1. The van der Waals surface area contributed by atoms with Gasteiger partial charge in [-0.1, -0.05) is 32.6 Å². The second-order valence-corrected chi connectivity index (χ2v) is 6.29. The van der Waals surface area contributed by atoms with Gasteiger partial charge in [-0.15, -0.1) is 0 Å². The normalized spacial score (nSPS) is 28.7. The van der Waals surface area contributed by atoms with Gasteiger partial charge >= 0.3 is 0 Å². The van der Waals surface area contributed by atoms with Gasteiger partial charge < -0.3 is 4.90 Å². The second-order valence-electron chi connectivity index (χ2n) is 5.97. The summed E-state index contributed by atoms with van der Waals surface area (Å²) in [5.41, 5.74) is 0.319. The number of hydrogen-bond acceptors (Lipinski definition) is 2. The Morgan fingerprint density at radius 3 is 2.59 bits per heavy atom. The van der Waals surface area contributed by atoms with Crippen molar-refractivity contribution in [1.29, 1.82) is 0 Å². The lowest BCUT2D eigenvalue weighted by molar-refractivity contribution is -0.129. The van der Waals surface area contributed by atoms with Crippen LogP contribution in [0.2, 0.25) is 0 Å². The number of rotatable bonds is 4. The molecule has 1 unspecified atom stereocenters. The lowest BCUT2D eigenvalue weighted by Gasteiger charge is -2.39. The molecule has 17 heavy (non-hydrogen) atoms. The fraction of sp³-hybridized carbons (Fsp3) is 0.929. The topological polar surface area (TPSA) is 20.3 Å². The molecule has 0 bridgehead atoms. The SMILES string of the molecule is CCC1CC(=O)N(CC2(CS)CCCCC2)C1. The number of amides is 1. The van der Waals surface area contributed by atoms with E-state index < -0.39 is 0 Å². The molecule has 1 heterocycles. The molecular formula is C14H25NOS. The summed E-state index contributed by atoms with van der Waals surface area (Å²) in [6, 6.07) is 0. The van der Waals surface area contributed by atoms with Crippen molar-refractivity contribution in [2.24, 2.45) is 11.3 Å². The molecule has 1 atom stereocenters. The van der Waals surface area contributed by atoms with E-state index in [1.54, 1.807) is 0 Å². The number of nitrogens with zero attached hydrogens (tertiary/aromatic N) is 1. The Hall–Kier alpha value is -0.180. The zero-order valence-electron chi connectivity index (χ0n) is 11.0. The van der Waals surface area contributed by atoms with Gasteiger partial charge in [0.05, 0.1) is 0 Å². The lowest BCUT2D eigenvalue weighted by atomic mass is 9.75. The van der Waals surface area contributed by atoms with Crippen LogP contribution in [-0.4, -0.2) is 29.6 Å². The van der Waals surface area contributed by atoms with Crippen LogP contribution in [0.15, 0.2) is 0 Å². The van der Waals surface area contributed by atoms with Gasteiger partial charge in [0.1, 0.15) is 0 Å². The number of likely N-dealkylation sites (tertiary alicyclic amines) is 1.